The van der Waals surface area contributed by atoms with E-state index in [2.05, 4.69) is 379 Å². The van der Waals surface area contributed by atoms with Gasteiger partial charge in [0.2, 0.25) is 0 Å². The average Bonchev–Trinajstić information content (AvgIpc) is 3.37. The molecular formula is H99B97. The topological polar surface area (TPSA) is 0 Å². The summed E-state index contributed by atoms with van der Waals surface area (Å²) in [7, 11) is 137. The van der Waals surface area contributed by atoms with Crippen LogP contribution >= 0.6 is 0 Å². The van der Waals surface area contributed by atoms with E-state index in [-0.39, 0.29) is 0 Å². The van der Waals surface area contributed by atoms with E-state index in [9.17, 15) is 0 Å². The summed E-state index contributed by atoms with van der Waals surface area (Å²) >= 11 is 0. The molecule has 0 atom stereocenters. The summed E-state index contributed by atoms with van der Waals surface area (Å²) in [6.45, 7) is 0. The summed E-state index contributed by atoms with van der Waals surface area (Å²) < 4.78 is 0. The zero-order valence-electron chi connectivity index (χ0n) is 76.8. The maximum atomic E-state index is 2.81. The molecule has 390 valence electrons. The molecule has 0 rings (SSSR count). The molecule has 0 heterocycles. The molecule has 0 aromatic carbocycles. The van der Waals surface area contributed by atoms with Crippen LogP contribution in [0.15, 0.2) is 0 Å². The van der Waals surface area contributed by atoms with Crippen molar-refractivity contribution in [3.63, 3.8) is 0 Å². The first-order chi connectivity index (χ1) is 44.2. The molecule has 0 nitrogen and oxygen atoms in total. The van der Waals surface area contributed by atoms with Crippen molar-refractivity contribution in [2.75, 3.05) is 0 Å². The lowest BCUT2D eigenvalue weighted by atomic mass is 8.18. The van der Waals surface area contributed by atoms with Crippen LogP contribution in [-0.2, 0) is 0 Å². The van der Waals surface area contributed by atoms with Gasteiger partial charge in [0.15, 0.2) is 0 Å². The molecule has 0 spiro atoms. The fourth-order valence-corrected chi connectivity index (χ4v) is 28.4. The molecule has 97 heteroatoms. The van der Waals surface area contributed by atoms with Gasteiger partial charge in [-0.25, -0.2) is 0 Å². The predicted molar refractivity (Wildman–Crippen MR) is 696 cm³/mol. The summed E-state index contributed by atoms with van der Waals surface area (Å²) in [5, 5.41) is 0. The van der Waals surface area contributed by atoms with Gasteiger partial charge in [-0.05, 0) is 0 Å². The molecule has 97 heavy (non-hydrogen) atoms. The fraction of sp³-hybridized carbons (Fsp3) is 0. The van der Waals surface area contributed by atoms with E-state index >= 15 is 0 Å². The zero-order chi connectivity index (χ0) is 76.8. The smallest absolute Gasteiger partial charge is 0.000000163 e. The highest BCUT2D eigenvalue weighted by Gasteiger charge is 2.69. The van der Waals surface area contributed by atoms with Crippen molar-refractivity contribution < 1.29 is 0 Å². The molecule has 0 aromatic rings. The van der Waals surface area contributed by atoms with E-state index < -0.39 is 0 Å². The molecule has 0 aliphatic rings. The first-order valence-electron chi connectivity index (χ1n) is 44.2. The Bertz CT molecular complexity index is 1610. The maximum Gasteiger partial charge on any atom is 0.0593 e. The summed E-state index contributed by atoms with van der Waals surface area (Å²) in [6.07, 6.45) is 25.2. The van der Waals surface area contributed by atoms with Crippen molar-refractivity contribution in [3.05, 3.63) is 0 Å². The monoisotopic (exact) mass is 1170 g/mol. The van der Waals surface area contributed by atoms with Crippen LogP contribution in [0.2, 0.25) is 0 Å². The van der Waals surface area contributed by atoms with E-state index in [4.69, 9.17) is 0 Å². The Morgan fingerprint density at radius 2 is 0.165 bits per heavy atom. The molecule has 0 aliphatic carbocycles. The van der Waals surface area contributed by atoms with Crippen molar-refractivity contribution in [2.24, 2.45) is 0 Å². The van der Waals surface area contributed by atoms with Gasteiger partial charge in [0.05, 0.1) is 379 Å². The van der Waals surface area contributed by atoms with Gasteiger partial charge in [-0.3, -0.25) is 0 Å². The molecule has 0 amide bonds. The standard InChI is InChI=1S/B97H99/c1-50-75(51(2)3)87(74(48)49)93(86(72(44)45)73(46)47)96(92(84(68(36)37)69(38)39)85(70(40)41)71(42)43)97(94(88(76(52(4)5)53(6)7)77(54(8)9)55(10)11)89(78(56(12)13)57(14)15)79(58(16)17)59(18)19)95(90(80(60(20)21)61(22)23)81(62(24)25)63(26)27)91(82(64(28)29)65(30)31)83(66(32)33)67(34)35/h50H,1-49H2. The minimum Gasteiger partial charge on any atom is 0.000000163 e. The summed E-state index contributed by atoms with van der Waals surface area (Å²) in [5.74, 6) is 0. The predicted octanol–water partition coefficient (Wildman–Crippen LogP) is -63.4. The Kier molecular flexibility index (Phi) is 50.8. The Morgan fingerprint density at radius 1 is 0.0928 bits per heavy atom. The normalized spacial score (nSPS) is 9.81. The largest absolute Gasteiger partial charge is 0.0593 e. The second-order valence-electron chi connectivity index (χ2n) is 43.6. The van der Waals surface area contributed by atoms with Gasteiger partial charge in [0.25, 0.3) is 0 Å². The molecule has 0 bridgehead atoms. The third kappa shape index (κ3) is 27.8. The Labute approximate surface area is 679 Å². The quantitative estimate of drug-likeness (QED) is 0.0533. The third-order valence-electron chi connectivity index (χ3n) is 28.9. The molecular weight excluding hydrogens is 1050 g/mol. The van der Waals surface area contributed by atoms with Crippen LogP contribution in [-0.4, -0.2) is 686 Å². The minimum absolute atomic E-state index is 0.436. The van der Waals surface area contributed by atoms with Gasteiger partial charge in [0, 0.05) is 307 Å². The molecule has 0 aliphatic heterocycles. The van der Waals surface area contributed by atoms with Gasteiger partial charge in [0.1, 0.15) is 0 Å². The summed E-state index contributed by atoms with van der Waals surface area (Å²) in [6, 6.07) is 0. The van der Waals surface area contributed by atoms with Crippen LogP contribution in [0.4, 0.5) is 0 Å². The van der Waals surface area contributed by atoms with Crippen LogP contribution in [0.5, 0.6) is 0 Å². The highest BCUT2D eigenvalue weighted by Crippen LogP contribution is 2.30. The molecule has 0 N–H and O–H groups in total. The third-order valence-corrected chi connectivity index (χ3v) is 28.9. The summed E-state index contributed by atoms with van der Waals surface area (Å²) in [4.78, 5) is 0. The first kappa shape index (κ1) is 103. The van der Waals surface area contributed by atoms with Crippen LogP contribution in [0.3, 0.4) is 0 Å². The Hall–Kier alpha value is 6.30. The Morgan fingerprint density at radius 3 is 0.227 bits per heavy atom. The highest BCUT2D eigenvalue weighted by molar-refractivity contribution is 8.43. The molecule has 0 fully saturated rings. The van der Waals surface area contributed by atoms with Gasteiger partial charge >= 0.3 is 0 Å². The van der Waals surface area contributed by atoms with Crippen molar-refractivity contribution in [1.82, 2.24) is 0 Å². The molecule has 0 unspecified atom stereocenters. The zero-order valence-corrected chi connectivity index (χ0v) is 76.8. The number of rotatable bonds is 47. The Balaban J connectivity index is 14.4. The molecule has 0 saturated heterocycles. The fourth-order valence-electron chi connectivity index (χ4n) is 28.4. The van der Waals surface area contributed by atoms with Crippen LogP contribution in [0.1, 0.15) is 0 Å². The van der Waals surface area contributed by atoms with E-state index in [0.29, 0.717) is 300 Å². The molecule has 0 aromatic heterocycles. The number of hydrogen-bond donors (Lipinski definition) is 0. The van der Waals surface area contributed by atoms with Gasteiger partial charge in [-0.2, -0.15) is 0 Å². The van der Waals surface area contributed by atoms with E-state index in [1.165, 1.54) is 7.06 Å². The molecule has 0 saturated carbocycles. The van der Waals surface area contributed by atoms with Gasteiger partial charge in [-0.1, -0.05) is 0 Å². The van der Waals surface area contributed by atoms with Crippen LogP contribution in [0, 0.1) is 0 Å². The van der Waals surface area contributed by atoms with Gasteiger partial charge in [-0.15, -0.1) is 0 Å². The van der Waals surface area contributed by atoms with Crippen molar-refractivity contribution >= 4 is 686 Å². The van der Waals surface area contributed by atoms with Gasteiger partial charge < -0.3 is 0 Å². The SMILES string of the molecule is BBB(B(B)B)B(B(B)B)B(B(B(B)B)B(B)B)B(B(B(B(B)B)B(B)B)B(B(B)B)B(B)B)B(B(B(B(B(B)B)B(B)B)B(B(B)B)B(B)B)B(B(B(B)B)B(B)B)B(B(B)B)B(B)B)B(B(B(B(B)B)B(B)B)B(B(B)B)B(B)B)B(B(B(B)B)B(B)B)B(B(B)B)B(B)B. The van der Waals surface area contributed by atoms with E-state index in [0.717, 1.165) is 0 Å². The van der Waals surface area contributed by atoms with E-state index in [1.54, 1.807) is 0 Å². The van der Waals surface area contributed by atoms with Crippen molar-refractivity contribution in [3.8, 4) is 0 Å². The lowest BCUT2D eigenvalue weighted by Gasteiger charge is -2.62. The second-order valence-corrected chi connectivity index (χ2v) is 43.6. The second kappa shape index (κ2) is 47.7. The number of hydrogen-bond acceptors (Lipinski definition) is 0. The minimum atomic E-state index is 0.436. The molecule has 0 radical (unpaired) electrons. The van der Waals surface area contributed by atoms with Crippen LogP contribution in [0.25, 0.3) is 0 Å². The van der Waals surface area contributed by atoms with Crippen molar-refractivity contribution in [1.29, 1.82) is 0 Å². The van der Waals surface area contributed by atoms with Crippen LogP contribution < -0.4 is 0 Å². The summed E-state index contributed by atoms with van der Waals surface area (Å²) in [5.41, 5.74) is 0. The maximum absolute atomic E-state index is 2.81. The highest BCUT2D eigenvalue weighted by atomic mass is 13.5. The lowest BCUT2D eigenvalue weighted by molar-refractivity contribution is 3.13. The van der Waals surface area contributed by atoms with Crippen molar-refractivity contribution in [2.45, 2.75) is 0 Å². The lowest BCUT2D eigenvalue weighted by Crippen LogP contribution is -3.01. The average molecular weight is 1150 g/mol. The van der Waals surface area contributed by atoms with E-state index in [1.807, 2.05) is 0 Å². The first-order valence-corrected chi connectivity index (χ1v) is 44.2.